The lowest BCUT2D eigenvalue weighted by Crippen LogP contribution is -2.37. The number of carbonyl (C=O) groups is 1. The lowest BCUT2D eigenvalue weighted by atomic mass is 9.87. The van der Waals surface area contributed by atoms with E-state index >= 15 is 0 Å². The summed E-state index contributed by atoms with van der Waals surface area (Å²) in [7, 11) is 1.91. The molecule has 1 unspecified atom stereocenters. The van der Waals surface area contributed by atoms with Crippen LogP contribution in [0.25, 0.3) is 0 Å². The van der Waals surface area contributed by atoms with E-state index in [2.05, 4.69) is 15.3 Å². The number of aromatic nitrogens is 2. The van der Waals surface area contributed by atoms with Crippen molar-refractivity contribution in [2.45, 2.75) is 51.1 Å². The van der Waals surface area contributed by atoms with Crippen LogP contribution in [0.1, 0.15) is 55.8 Å². The Labute approximate surface area is 126 Å². The van der Waals surface area contributed by atoms with Crippen molar-refractivity contribution in [2.24, 2.45) is 5.92 Å². The second-order valence-electron chi connectivity index (χ2n) is 6.29. The molecule has 1 atom stereocenters. The molecule has 21 heavy (non-hydrogen) atoms. The van der Waals surface area contributed by atoms with Crippen LogP contribution in [0.15, 0.2) is 12.5 Å². The third kappa shape index (κ3) is 3.23. The van der Waals surface area contributed by atoms with Gasteiger partial charge in [-0.2, -0.15) is 0 Å². The third-order valence-corrected chi connectivity index (χ3v) is 4.83. The molecule has 1 aliphatic carbocycles. The molecule has 0 bridgehead atoms. The number of fused-ring (bicyclic) bond motifs is 1. The zero-order valence-corrected chi connectivity index (χ0v) is 12.7. The van der Waals surface area contributed by atoms with Crippen molar-refractivity contribution < 1.29 is 4.79 Å². The predicted octanol–water partition coefficient (Wildman–Crippen LogP) is 2.05. The maximum Gasteiger partial charge on any atom is 0.244 e. The van der Waals surface area contributed by atoms with Crippen LogP contribution in [-0.4, -0.2) is 34.4 Å². The van der Waals surface area contributed by atoms with E-state index in [0.717, 1.165) is 30.1 Å². The van der Waals surface area contributed by atoms with Crippen LogP contribution >= 0.6 is 0 Å². The SMILES string of the molecule is CN(CCC1CCCCC1)C(=O)C1NCc2ncncc21. The standard InChI is InChI=1S/C16H24N4O/c1-20(8-7-12-5-3-2-4-6-12)16(21)15-13-9-17-11-19-14(13)10-18-15/h9,11-12,15,18H,2-8,10H2,1H3. The van der Waals surface area contributed by atoms with Crippen molar-refractivity contribution in [1.82, 2.24) is 20.2 Å². The summed E-state index contributed by atoms with van der Waals surface area (Å²) in [6.07, 6.45) is 11.2. The van der Waals surface area contributed by atoms with E-state index in [9.17, 15) is 4.79 Å². The largest absolute Gasteiger partial charge is 0.344 e. The van der Waals surface area contributed by atoms with Crippen molar-refractivity contribution in [3.8, 4) is 0 Å². The highest BCUT2D eigenvalue weighted by Crippen LogP contribution is 2.27. The fourth-order valence-electron chi connectivity index (χ4n) is 3.47. The molecule has 3 rings (SSSR count). The van der Waals surface area contributed by atoms with Crippen LogP contribution < -0.4 is 5.32 Å². The summed E-state index contributed by atoms with van der Waals surface area (Å²) < 4.78 is 0. The fraction of sp³-hybridized carbons (Fsp3) is 0.688. The van der Waals surface area contributed by atoms with E-state index in [4.69, 9.17) is 0 Å². The predicted molar refractivity (Wildman–Crippen MR) is 80.4 cm³/mol. The molecule has 0 aromatic carbocycles. The van der Waals surface area contributed by atoms with Gasteiger partial charge in [-0.05, 0) is 12.3 Å². The molecule has 5 nitrogen and oxygen atoms in total. The molecule has 2 aliphatic rings. The number of nitrogens with one attached hydrogen (secondary N) is 1. The van der Waals surface area contributed by atoms with Gasteiger partial charge < -0.3 is 4.90 Å². The van der Waals surface area contributed by atoms with Crippen LogP contribution in [0.5, 0.6) is 0 Å². The van der Waals surface area contributed by atoms with E-state index in [-0.39, 0.29) is 11.9 Å². The molecule has 1 aromatic rings. The van der Waals surface area contributed by atoms with Gasteiger partial charge in [-0.3, -0.25) is 10.1 Å². The van der Waals surface area contributed by atoms with E-state index in [1.165, 1.54) is 32.1 Å². The molecule has 1 aromatic heterocycles. The van der Waals surface area contributed by atoms with Gasteiger partial charge in [-0.1, -0.05) is 32.1 Å². The van der Waals surface area contributed by atoms with Gasteiger partial charge in [-0.25, -0.2) is 9.97 Å². The molecule has 1 fully saturated rings. The average Bonchev–Trinajstić information content (AvgIpc) is 2.97. The number of carbonyl (C=O) groups excluding carboxylic acids is 1. The molecule has 1 N–H and O–H groups in total. The third-order valence-electron chi connectivity index (χ3n) is 4.83. The van der Waals surface area contributed by atoms with Crippen molar-refractivity contribution in [3.63, 3.8) is 0 Å². The Morgan fingerprint density at radius 1 is 1.38 bits per heavy atom. The summed E-state index contributed by atoms with van der Waals surface area (Å²) in [5, 5.41) is 3.25. The van der Waals surface area contributed by atoms with Crippen molar-refractivity contribution >= 4 is 5.91 Å². The molecule has 1 saturated carbocycles. The molecular weight excluding hydrogens is 264 g/mol. The Hall–Kier alpha value is -1.49. The number of likely N-dealkylation sites (N-methyl/N-ethyl adjacent to an activating group) is 1. The van der Waals surface area contributed by atoms with Gasteiger partial charge in [0, 0.05) is 31.9 Å². The molecule has 5 heteroatoms. The number of hydrogen-bond acceptors (Lipinski definition) is 4. The van der Waals surface area contributed by atoms with E-state index in [1.54, 1.807) is 12.5 Å². The summed E-state index contributed by atoms with van der Waals surface area (Å²) in [6, 6.07) is -0.266. The van der Waals surface area contributed by atoms with Gasteiger partial charge >= 0.3 is 0 Å². The van der Waals surface area contributed by atoms with Crippen molar-refractivity contribution in [3.05, 3.63) is 23.8 Å². The first kappa shape index (κ1) is 14.4. The Bertz CT molecular complexity index is 499. The summed E-state index contributed by atoms with van der Waals surface area (Å²) in [4.78, 5) is 22.7. The van der Waals surface area contributed by atoms with Crippen molar-refractivity contribution in [1.29, 1.82) is 0 Å². The normalized spacial score (nSPS) is 22.0. The van der Waals surface area contributed by atoms with E-state index in [1.807, 2.05) is 11.9 Å². The fourth-order valence-corrected chi connectivity index (χ4v) is 3.47. The van der Waals surface area contributed by atoms with Gasteiger partial charge in [0.2, 0.25) is 5.91 Å². The summed E-state index contributed by atoms with van der Waals surface area (Å²) in [6.45, 7) is 1.51. The second kappa shape index (κ2) is 6.52. The minimum atomic E-state index is -0.266. The molecule has 0 saturated heterocycles. The molecule has 114 valence electrons. The molecule has 0 radical (unpaired) electrons. The highest BCUT2D eigenvalue weighted by Gasteiger charge is 2.31. The topological polar surface area (TPSA) is 58.1 Å². The Balaban J connectivity index is 1.55. The summed E-state index contributed by atoms with van der Waals surface area (Å²) >= 11 is 0. The van der Waals surface area contributed by atoms with Crippen LogP contribution in [0.3, 0.4) is 0 Å². The zero-order valence-electron chi connectivity index (χ0n) is 12.7. The van der Waals surface area contributed by atoms with Gasteiger partial charge in [0.15, 0.2) is 0 Å². The maximum atomic E-state index is 12.6. The number of rotatable bonds is 4. The lowest BCUT2D eigenvalue weighted by Gasteiger charge is -2.26. The number of nitrogens with zero attached hydrogens (tertiary/aromatic N) is 3. The smallest absolute Gasteiger partial charge is 0.244 e. The number of hydrogen-bond donors (Lipinski definition) is 1. The first-order chi connectivity index (χ1) is 10.3. The highest BCUT2D eigenvalue weighted by molar-refractivity contribution is 5.84. The van der Waals surface area contributed by atoms with Crippen LogP contribution in [-0.2, 0) is 11.3 Å². The lowest BCUT2D eigenvalue weighted by molar-refractivity contribution is -0.132. The van der Waals surface area contributed by atoms with Gasteiger partial charge in [0.1, 0.15) is 12.4 Å². The molecular formula is C16H24N4O. The first-order valence-electron chi connectivity index (χ1n) is 8.03. The quantitative estimate of drug-likeness (QED) is 0.921. The molecule has 1 aliphatic heterocycles. The van der Waals surface area contributed by atoms with Crippen LogP contribution in [0.4, 0.5) is 0 Å². The Morgan fingerprint density at radius 3 is 3.00 bits per heavy atom. The second-order valence-corrected chi connectivity index (χ2v) is 6.29. The highest BCUT2D eigenvalue weighted by atomic mass is 16.2. The monoisotopic (exact) mass is 288 g/mol. The molecule has 1 amide bonds. The Morgan fingerprint density at radius 2 is 2.19 bits per heavy atom. The van der Waals surface area contributed by atoms with E-state index < -0.39 is 0 Å². The first-order valence-corrected chi connectivity index (χ1v) is 8.03. The Kier molecular flexibility index (Phi) is 4.48. The molecule has 0 spiro atoms. The van der Waals surface area contributed by atoms with E-state index in [0.29, 0.717) is 6.54 Å². The van der Waals surface area contributed by atoms with Crippen molar-refractivity contribution in [2.75, 3.05) is 13.6 Å². The minimum Gasteiger partial charge on any atom is -0.344 e. The summed E-state index contributed by atoms with van der Waals surface area (Å²) in [5.74, 6) is 0.945. The van der Waals surface area contributed by atoms with Gasteiger partial charge in [0.25, 0.3) is 0 Å². The van der Waals surface area contributed by atoms with Crippen LogP contribution in [0.2, 0.25) is 0 Å². The number of amides is 1. The zero-order chi connectivity index (χ0) is 14.7. The average molecular weight is 288 g/mol. The minimum absolute atomic E-state index is 0.138. The molecule has 2 heterocycles. The van der Waals surface area contributed by atoms with Crippen LogP contribution in [0, 0.1) is 5.92 Å². The van der Waals surface area contributed by atoms with Gasteiger partial charge in [0.05, 0.1) is 5.69 Å². The van der Waals surface area contributed by atoms with Gasteiger partial charge in [-0.15, -0.1) is 0 Å². The maximum absolute atomic E-state index is 12.6. The summed E-state index contributed by atoms with van der Waals surface area (Å²) in [5.41, 5.74) is 1.89.